The van der Waals surface area contributed by atoms with Gasteiger partial charge in [0.2, 0.25) is 5.91 Å². The molecule has 0 saturated carbocycles. The quantitative estimate of drug-likeness (QED) is 0.456. The number of carbonyl (C=O) groups excluding carboxylic acids is 1. The molecule has 3 aromatic rings. The second-order valence-electron chi connectivity index (χ2n) is 5.93. The Hall–Kier alpha value is -3.00. The topological polar surface area (TPSA) is 72.7 Å². The van der Waals surface area contributed by atoms with Gasteiger partial charge in [-0.05, 0) is 30.7 Å². The first-order chi connectivity index (χ1) is 13.6. The molecule has 8 heteroatoms. The molecule has 0 radical (unpaired) electrons. The van der Waals surface area contributed by atoms with Crippen molar-refractivity contribution in [3.8, 4) is 11.4 Å². The number of thioether (sulfide) groups is 1. The Morgan fingerprint density at radius 2 is 2.14 bits per heavy atom. The van der Waals surface area contributed by atoms with Gasteiger partial charge in [-0.3, -0.25) is 14.3 Å². The van der Waals surface area contributed by atoms with Gasteiger partial charge >= 0.3 is 0 Å². The lowest BCUT2D eigenvalue weighted by atomic mass is 10.2. The van der Waals surface area contributed by atoms with Crippen LogP contribution in [0.4, 0.5) is 10.1 Å². The van der Waals surface area contributed by atoms with E-state index >= 15 is 0 Å². The highest BCUT2D eigenvalue weighted by molar-refractivity contribution is 8.00. The summed E-state index contributed by atoms with van der Waals surface area (Å²) in [4.78, 5) is 16.8. The molecular formula is C20H20FN5OS. The molecule has 0 fully saturated rings. The van der Waals surface area contributed by atoms with Crippen LogP contribution in [-0.4, -0.2) is 30.9 Å². The Morgan fingerprint density at radius 1 is 1.32 bits per heavy atom. The highest BCUT2D eigenvalue weighted by Gasteiger charge is 2.23. The van der Waals surface area contributed by atoms with E-state index in [4.69, 9.17) is 0 Å². The van der Waals surface area contributed by atoms with E-state index in [9.17, 15) is 9.18 Å². The van der Waals surface area contributed by atoms with E-state index in [2.05, 4.69) is 27.1 Å². The van der Waals surface area contributed by atoms with E-state index in [0.717, 1.165) is 5.56 Å². The van der Waals surface area contributed by atoms with Crippen molar-refractivity contribution in [3.05, 3.63) is 67.3 Å². The summed E-state index contributed by atoms with van der Waals surface area (Å²) in [6.07, 6.45) is 5.69. The van der Waals surface area contributed by atoms with Crippen LogP contribution in [0, 0.1) is 5.82 Å². The molecule has 0 spiro atoms. The molecular weight excluding hydrogens is 377 g/mol. The van der Waals surface area contributed by atoms with Gasteiger partial charge in [0.25, 0.3) is 0 Å². The number of benzene rings is 1. The number of carbonyl (C=O) groups is 1. The number of allylic oxidation sites excluding steroid dienone is 1. The van der Waals surface area contributed by atoms with Gasteiger partial charge in [-0.15, -0.1) is 16.8 Å². The highest BCUT2D eigenvalue weighted by atomic mass is 32.2. The molecule has 1 aromatic carbocycles. The van der Waals surface area contributed by atoms with Gasteiger partial charge in [0.05, 0.1) is 10.9 Å². The van der Waals surface area contributed by atoms with Gasteiger partial charge in [0.15, 0.2) is 11.0 Å². The molecule has 1 amide bonds. The highest BCUT2D eigenvalue weighted by Crippen LogP contribution is 2.29. The summed E-state index contributed by atoms with van der Waals surface area (Å²) in [7, 11) is 0. The lowest BCUT2D eigenvalue weighted by molar-refractivity contribution is -0.115. The lowest BCUT2D eigenvalue weighted by Crippen LogP contribution is -2.25. The molecule has 0 bridgehead atoms. The first kappa shape index (κ1) is 19.8. The van der Waals surface area contributed by atoms with Gasteiger partial charge in [-0.1, -0.05) is 36.9 Å². The van der Waals surface area contributed by atoms with Crippen LogP contribution >= 0.6 is 11.8 Å². The maximum atomic E-state index is 13.8. The zero-order chi connectivity index (χ0) is 19.9. The van der Waals surface area contributed by atoms with Crippen molar-refractivity contribution >= 4 is 23.4 Å². The van der Waals surface area contributed by atoms with Crippen LogP contribution in [0.1, 0.15) is 13.3 Å². The van der Waals surface area contributed by atoms with Gasteiger partial charge in [0, 0.05) is 24.5 Å². The van der Waals surface area contributed by atoms with E-state index in [1.165, 1.54) is 23.9 Å². The van der Waals surface area contributed by atoms with E-state index in [-0.39, 0.29) is 11.6 Å². The molecule has 1 unspecified atom stereocenters. The number of anilines is 1. The first-order valence-corrected chi connectivity index (χ1v) is 9.68. The maximum absolute atomic E-state index is 13.8. The third kappa shape index (κ3) is 4.45. The SMILES string of the molecule is C=CCn1c(SC(CC)C(=O)Nc2ccccc2F)nnc1-c1cccnc1. The van der Waals surface area contributed by atoms with Crippen LogP contribution in [0.5, 0.6) is 0 Å². The zero-order valence-corrected chi connectivity index (χ0v) is 16.2. The average Bonchev–Trinajstić information content (AvgIpc) is 3.11. The third-order valence-corrected chi connectivity index (χ3v) is 5.34. The first-order valence-electron chi connectivity index (χ1n) is 8.80. The number of nitrogens with zero attached hydrogens (tertiary/aromatic N) is 4. The molecule has 0 aliphatic rings. The van der Waals surface area contributed by atoms with Gasteiger partial charge in [-0.2, -0.15) is 0 Å². The molecule has 0 saturated heterocycles. The molecule has 0 aliphatic carbocycles. The standard InChI is InChI=1S/C20H20FN5OS/c1-3-12-26-18(14-8-7-11-22-13-14)24-25-20(26)28-17(4-2)19(27)23-16-10-6-5-9-15(16)21/h3,5-11,13,17H,1,4,12H2,2H3,(H,23,27). The van der Waals surface area contributed by atoms with Crippen molar-refractivity contribution in [2.24, 2.45) is 0 Å². The van der Waals surface area contributed by atoms with Crippen LogP contribution < -0.4 is 5.32 Å². The molecule has 6 nitrogen and oxygen atoms in total. The summed E-state index contributed by atoms with van der Waals surface area (Å²) < 4.78 is 15.7. The van der Waals surface area contributed by atoms with Crippen molar-refractivity contribution in [1.29, 1.82) is 0 Å². The van der Waals surface area contributed by atoms with Crippen molar-refractivity contribution in [2.45, 2.75) is 30.3 Å². The van der Waals surface area contributed by atoms with Crippen LogP contribution in [0.15, 0.2) is 66.6 Å². The van der Waals surface area contributed by atoms with E-state index in [1.54, 1.807) is 30.6 Å². The maximum Gasteiger partial charge on any atom is 0.238 e. The predicted octanol–water partition coefficient (Wildman–Crippen LogP) is 4.17. The number of para-hydroxylation sites is 1. The van der Waals surface area contributed by atoms with Crippen molar-refractivity contribution in [2.75, 3.05) is 5.32 Å². The number of aromatic nitrogens is 4. The summed E-state index contributed by atoms with van der Waals surface area (Å²) >= 11 is 1.29. The van der Waals surface area contributed by atoms with Crippen molar-refractivity contribution in [1.82, 2.24) is 19.7 Å². The summed E-state index contributed by atoms with van der Waals surface area (Å²) in [6, 6.07) is 9.82. The minimum atomic E-state index is -0.468. The number of rotatable bonds is 8. The van der Waals surface area contributed by atoms with Gasteiger partial charge < -0.3 is 5.32 Å². The number of amides is 1. The van der Waals surface area contributed by atoms with E-state index in [1.807, 2.05) is 23.6 Å². The van der Waals surface area contributed by atoms with Crippen molar-refractivity contribution in [3.63, 3.8) is 0 Å². The predicted molar refractivity (Wildman–Crippen MR) is 108 cm³/mol. The lowest BCUT2D eigenvalue weighted by Gasteiger charge is -2.15. The Bertz CT molecular complexity index is 960. The number of nitrogens with one attached hydrogen (secondary N) is 1. The molecule has 2 heterocycles. The monoisotopic (exact) mass is 397 g/mol. The summed E-state index contributed by atoms with van der Waals surface area (Å²) in [6.45, 7) is 6.18. The molecule has 0 aliphatic heterocycles. The van der Waals surface area contributed by atoms with Gasteiger partial charge in [0.1, 0.15) is 5.82 Å². The molecule has 144 valence electrons. The minimum Gasteiger partial charge on any atom is -0.323 e. The van der Waals surface area contributed by atoms with Crippen LogP contribution in [0.25, 0.3) is 11.4 Å². The van der Waals surface area contributed by atoms with Crippen LogP contribution in [0.3, 0.4) is 0 Å². The summed E-state index contributed by atoms with van der Waals surface area (Å²) in [5.74, 6) is -0.0991. The van der Waals surface area contributed by atoms with Crippen LogP contribution in [-0.2, 0) is 11.3 Å². The van der Waals surface area contributed by atoms with Crippen LogP contribution in [0.2, 0.25) is 0 Å². The normalized spacial score (nSPS) is 11.8. The Labute approximate surface area is 166 Å². The Balaban J connectivity index is 1.82. The number of hydrogen-bond acceptors (Lipinski definition) is 5. The third-order valence-electron chi connectivity index (χ3n) is 3.99. The smallest absolute Gasteiger partial charge is 0.238 e. The zero-order valence-electron chi connectivity index (χ0n) is 15.4. The fourth-order valence-electron chi connectivity index (χ4n) is 2.60. The van der Waals surface area contributed by atoms with E-state index in [0.29, 0.717) is 23.9 Å². The second kappa shape index (κ2) is 9.27. The number of halogens is 1. The number of hydrogen-bond donors (Lipinski definition) is 1. The summed E-state index contributed by atoms with van der Waals surface area (Å²) in [5, 5.41) is 11.3. The minimum absolute atomic E-state index is 0.162. The Morgan fingerprint density at radius 3 is 2.82 bits per heavy atom. The molecule has 2 aromatic heterocycles. The number of pyridine rings is 1. The average molecular weight is 397 g/mol. The largest absolute Gasteiger partial charge is 0.323 e. The fraction of sp³-hybridized carbons (Fsp3) is 0.200. The molecule has 1 atom stereocenters. The van der Waals surface area contributed by atoms with Gasteiger partial charge in [-0.25, -0.2) is 4.39 Å². The van der Waals surface area contributed by atoms with Crippen molar-refractivity contribution < 1.29 is 9.18 Å². The Kier molecular flexibility index (Phi) is 6.54. The van der Waals surface area contributed by atoms with E-state index < -0.39 is 11.1 Å². The molecule has 3 rings (SSSR count). The summed E-state index contributed by atoms with van der Waals surface area (Å²) in [5.41, 5.74) is 0.989. The molecule has 28 heavy (non-hydrogen) atoms. The second-order valence-corrected chi connectivity index (χ2v) is 7.10. The molecule has 1 N–H and O–H groups in total. The fourth-order valence-corrected chi connectivity index (χ4v) is 3.57.